The predicted molar refractivity (Wildman–Crippen MR) is 73.1 cm³/mol. The maximum absolute atomic E-state index is 13.0. The first-order valence-corrected chi connectivity index (χ1v) is 6.29. The van der Waals surface area contributed by atoms with Crippen molar-refractivity contribution in [1.29, 1.82) is 0 Å². The molecule has 20 heavy (non-hydrogen) atoms. The fourth-order valence-electron chi connectivity index (χ4n) is 1.74. The highest BCUT2D eigenvalue weighted by Gasteiger charge is 2.06. The molecule has 0 saturated carbocycles. The molecule has 4 nitrogen and oxygen atoms in total. The zero-order chi connectivity index (χ0) is 14.5. The maximum atomic E-state index is 13.0. The predicted octanol–water partition coefficient (Wildman–Crippen LogP) is 2.41. The van der Waals surface area contributed by atoms with Crippen LogP contribution in [0.25, 0.3) is 0 Å². The average molecular weight is 295 g/mol. The summed E-state index contributed by atoms with van der Waals surface area (Å²) in [5.41, 5.74) is 1.14. The van der Waals surface area contributed by atoms with Gasteiger partial charge in [-0.15, -0.1) is 0 Å². The molecule has 0 unspecified atom stereocenters. The molecule has 0 spiro atoms. The zero-order valence-electron chi connectivity index (χ0n) is 10.5. The third-order valence-electron chi connectivity index (χ3n) is 2.77. The Labute approximate surface area is 120 Å². The lowest BCUT2D eigenvalue weighted by molar-refractivity contribution is -0.121. The van der Waals surface area contributed by atoms with Crippen LogP contribution in [0, 0.1) is 5.82 Å². The van der Waals surface area contributed by atoms with Gasteiger partial charge in [0.05, 0.1) is 10.7 Å². The van der Waals surface area contributed by atoms with E-state index < -0.39 is 5.82 Å². The molecule has 1 amide bonds. The fraction of sp³-hybridized carbons (Fsp3) is 0.143. The Morgan fingerprint density at radius 2 is 2.20 bits per heavy atom. The number of rotatable bonds is 5. The molecule has 0 aliphatic carbocycles. The van der Waals surface area contributed by atoms with E-state index in [9.17, 15) is 14.0 Å². The number of carbonyl (C=O) groups excluding carboxylic acids is 2. The topological polar surface area (TPSA) is 51.1 Å². The molecule has 0 fully saturated rings. The van der Waals surface area contributed by atoms with Gasteiger partial charge in [-0.3, -0.25) is 9.59 Å². The van der Waals surface area contributed by atoms with Gasteiger partial charge in [0.25, 0.3) is 0 Å². The third-order valence-corrected chi connectivity index (χ3v) is 3.06. The second-order valence-electron chi connectivity index (χ2n) is 4.20. The summed E-state index contributed by atoms with van der Waals surface area (Å²) < 4.78 is 14.5. The summed E-state index contributed by atoms with van der Waals surface area (Å²) in [6.45, 7) is 0.298. The van der Waals surface area contributed by atoms with Crippen LogP contribution in [-0.4, -0.2) is 16.8 Å². The largest absolute Gasteiger partial charge is 0.350 e. The molecule has 0 radical (unpaired) electrons. The summed E-state index contributed by atoms with van der Waals surface area (Å²) in [6.07, 6.45) is 2.34. The summed E-state index contributed by atoms with van der Waals surface area (Å²) in [5, 5.41) is 2.70. The molecule has 2 rings (SSSR count). The highest BCUT2D eigenvalue weighted by molar-refractivity contribution is 6.30. The lowest BCUT2D eigenvalue weighted by Crippen LogP contribution is -2.27. The lowest BCUT2D eigenvalue weighted by Gasteiger charge is -2.08. The normalized spacial score (nSPS) is 10.3. The minimum Gasteiger partial charge on any atom is -0.350 e. The second-order valence-corrected chi connectivity index (χ2v) is 4.61. The van der Waals surface area contributed by atoms with Gasteiger partial charge in [-0.25, -0.2) is 4.39 Å². The van der Waals surface area contributed by atoms with E-state index in [4.69, 9.17) is 11.6 Å². The molecule has 1 heterocycles. The van der Waals surface area contributed by atoms with Gasteiger partial charge in [0.2, 0.25) is 5.91 Å². The van der Waals surface area contributed by atoms with Crippen molar-refractivity contribution in [3.8, 4) is 0 Å². The van der Waals surface area contributed by atoms with Crippen LogP contribution in [0.4, 0.5) is 4.39 Å². The summed E-state index contributed by atoms with van der Waals surface area (Å²) >= 11 is 5.65. The minimum atomic E-state index is -0.496. The van der Waals surface area contributed by atoms with Crippen LogP contribution in [0.3, 0.4) is 0 Å². The molecule has 0 atom stereocenters. The molecule has 1 N–H and O–H groups in total. The standard InChI is InChI=1S/C14H12ClFN2O2/c15-12-6-10(3-4-13(12)16)7-17-14(20)8-18-5-1-2-11(18)9-19/h1-6,9H,7-8H2,(H,17,20). The third kappa shape index (κ3) is 3.45. The van der Waals surface area contributed by atoms with Gasteiger partial charge in [-0.05, 0) is 29.8 Å². The fourth-order valence-corrected chi connectivity index (χ4v) is 1.94. The number of nitrogens with zero attached hydrogens (tertiary/aromatic N) is 1. The van der Waals surface area contributed by atoms with Crippen molar-refractivity contribution in [3.63, 3.8) is 0 Å². The molecule has 0 aliphatic rings. The summed E-state index contributed by atoms with van der Waals surface area (Å²) in [4.78, 5) is 22.5. The quantitative estimate of drug-likeness (QED) is 0.861. The molecular weight excluding hydrogens is 283 g/mol. The van der Waals surface area contributed by atoms with Crippen molar-refractivity contribution in [3.05, 3.63) is 58.6 Å². The van der Waals surface area contributed by atoms with Crippen molar-refractivity contribution >= 4 is 23.8 Å². The average Bonchev–Trinajstić information content (AvgIpc) is 2.87. The summed E-state index contributed by atoms with van der Waals surface area (Å²) in [5.74, 6) is -0.741. The molecule has 104 valence electrons. The van der Waals surface area contributed by atoms with E-state index in [-0.39, 0.29) is 24.0 Å². The molecule has 0 saturated heterocycles. The van der Waals surface area contributed by atoms with Crippen molar-refractivity contribution < 1.29 is 14.0 Å². The Morgan fingerprint density at radius 1 is 1.40 bits per heavy atom. The molecule has 0 aliphatic heterocycles. The van der Waals surface area contributed by atoms with E-state index in [1.54, 1.807) is 29.0 Å². The van der Waals surface area contributed by atoms with Gasteiger partial charge in [-0.2, -0.15) is 0 Å². The lowest BCUT2D eigenvalue weighted by atomic mass is 10.2. The molecular formula is C14H12ClFN2O2. The Hall–Kier alpha value is -2.14. The zero-order valence-corrected chi connectivity index (χ0v) is 11.2. The van der Waals surface area contributed by atoms with E-state index in [2.05, 4.69) is 5.32 Å². The number of aromatic nitrogens is 1. The van der Waals surface area contributed by atoms with E-state index in [1.165, 1.54) is 12.1 Å². The van der Waals surface area contributed by atoms with Crippen LogP contribution in [0.1, 0.15) is 16.1 Å². The highest BCUT2D eigenvalue weighted by Crippen LogP contribution is 2.15. The van der Waals surface area contributed by atoms with Crippen molar-refractivity contribution in [1.82, 2.24) is 9.88 Å². The highest BCUT2D eigenvalue weighted by atomic mass is 35.5. The van der Waals surface area contributed by atoms with Crippen LogP contribution >= 0.6 is 11.6 Å². The Morgan fingerprint density at radius 3 is 2.90 bits per heavy atom. The first-order valence-electron chi connectivity index (χ1n) is 5.91. The number of nitrogens with one attached hydrogen (secondary N) is 1. The summed E-state index contributed by atoms with van der Waals surface area (Å²) in [6, 6.07) is 7.58. The molecule has 1 aromatic heterocycles. The number of aldehydes is 1. The van der Waals surface area contributed by atoms with E-state index in [1.807, 2.05) is 0 Å². The number of halogens is 2. The number of hydrogen-bond donors (Lipinski definition) is 1. The SMILES string of the molecule is O=Cc1cccn1CC(=O)NCc1ccc(F)c(Cl)c1. The Balaban J connectivity index is 1.92. The van der Waals surface area contributed by atoms with Gasteiger partial charge >= 0.3 is 0 Å². The van der Waals surface area contributed by atoms with Crippen LogP contribution in [-0.2, 0) is 17.9 Å². The Bertz CT molecular complexity index is 640. The number of amides is 1. The molecule has 0 bridgehead atoms. The molecule has 6 heteroatoms. The van der Waals surface area contributed by atoms with Crippen LogP contribution in [0.2, 0.25) is 5.02 Å². The van der Waals surface area contributed by atoms with Gasteiger partial charge < -0.3 is 9.88 Å². The van der Waals surface area contributed by atoms with Gasteiger partial charge in [0.1, 0.15) is 12.4 Å². The van der Waals surface area contributed by atoms with Crippen LogP contribution in [0.5, 0.6) is 0 Å². The van der Waals surface area contributed by atoms with Crippen molar-refractivity contribution in [2.45, 2.75) is 13.1 Å². The number of hydrogen-bond acceptors (Lipinski definition) is 2. The van der Waals surface area contributed by atoms with Crippen LogP contribution in [0.15, 0.2) is 36.5 Å². The van der Waals surface area contributed by atoms with Crippen LogP contribution < -0.4 is 5.32 Å². The molecule has 1 aromatic carbocycles. The smallest absolute Gasteiger partial charge is 0.240 e. The monoisotopic (exact) mass is 294 g/mol. The van der Waals surface area contributed by atoms with Gasteiger partial charge in [0, 0.05) is 12.7 Å². The van der Waals surface area contributed by atoms with E-state index in [0.717, 1.165) is 0 Å². The van der Waals surface area contributed by atoms with E-state index >= 15 is 0 Å². The van der Waals surface area contributed by atoms with Gasteiger partial charge in [-0.1, -0.05) is 17.7 Å². The number of benzene rings is 1. The maximum Gasteiger partial charge on any atom is 0.240 e. The van der Waals surface area contributed by atoms with Gasteiger partial charge in [0.15, 0.2) is 6.29 Å². The Kier molecular flexibility index (Phi) is 4.53. The van der Waals surface area contributed by atoms with Crippen molar-refractivity contribution in [2.24, 2.45) is 0 Å². The summed E-state index contributed by atoms with van der Waals surface area (Å²) in [7, 11) is 0. The first kappa shape index (κ1) is 14.3. The minimum absolute atomic E-state index is 0.0189. The number of carbonyl (C=O) groups is 2. The van der Waals surface area contributed by atoms with Crippen molar-refractivity contribution in [2.75, 3.05) is 0 Å². The molecule has 2 aromatic rings. The first-order chi connectivity index (χ1) is 9.60. The second kappa shape index (κ2) is 6.34. The van der Waals surface area contributed by atoms with E-state index in [0.29, 0.717) is 17.5 Å².